The summed E-state index contributed by atoms with van der Waals surface area (Å²) in [5, 5.41) is 0. The molecule has 0 aliphatic carbocycles. The van der Waals surface area contributed by atoms with Crippen molar-refractivity contribution < 1.29 is 0 Å². The van der Waals surface area contributed by atoms with Crippen LogP contribution in [-0.2, 0) is 6.42 Å². The lowest BCUT2D eigenvalue weighted by Gasteiger charge is -2.01. The lowest BCUT2D eigenvalue weighted by Crippen LogP contribution is -1.86. The van der Waals surface area contributed by atoms with Gasteiger partial charge in [-0.15, -0.1) is 0 Å². The first-order valence-corrected chi connectivity index (χ1v) is 5.90. The lowest BCUT2D eigenvalue weighted by atomic mass is 10.2. The molecular weight excluding hydrogens is 331 g/mol. The number of aryl methyl sites for hydroxylation is 1. The number of benzene rings is 1. The molecule has 1 aromatic carbocycles. The first kappa shape index (κ1) is 9.73. The van der Waals surface area contributed by atoms with Crippen LogP contribution in [0.15, 0.2) is 22.7 Å². The SMILES string of the molecule is [Si]CCc1ccc(I)cc1Br. The standard InChI is InChI=1S/C8H7BrISi/c9-8-5-7(10)2-1-6(8)3-4-11/h1-2,5H,3-4H2. The van der Waals surface area contributed by atoms with Crippen LogP contribution in [0.2, 0.25) is 6.04 Å². The van der Waals surface area contributed by atoms with Gasteiger partial charge in [-0.25, -0.2) is 0 Å². The molecule has 57 valence electrons. The fourth-order valence-corrected chi connectivity index (χ4v) is 2.62. The van der Waals surface area contributed by atoms with Crippen LogP contribution in [0.5, 0.6) is 0 Å². The summed E-state index contributed by atoms with van der Waals surface area (Å²) < 4.78 is 2.48. The van der Waals surface area contributed by atoms with Crippen LogP contribution >= 0.6 is 38.5 Å². The molecule has 1 aromatic rings. The Morgan fingerprint density at radius 1 is 1.45 bits per heavy atom. The lowest BCUT2D eigenvalue weighted by molar-refractivity contribution is 1.12. The number of rotatable bonds is 2. The molecule has 0 saturated heterocycles. The van der Waals surface area contributed by atoms with Gasteiger partial charge in [0.05, 0.1) is 0 Å². The van der Waals surface area contributed by atoms with Gasteiger partial charge in [0, 0.05) is 18.3 Å². The van der Waals surface area contributed by atoms with Gasteiger partial charge in [-0.1, -0.05) is 28.0 Å². The summed E-state index contributed by atoms with van der Waals surface area (Å²) in [5.41, 5.74) is 1.36. The van der Waals surface area contributed by atoms with Gasteiger partial charge in [-0.3, -0.25) is 0 Å². The van der Waals surface area contributed by atoms with E-state index < -0.39 is 0 Å². The molecule has 0 amide bonds. The van der Waals surface area contributed by atoms with E-state index in [-0.39, 0.29) is 0 Å². The van der Waals surface area contributed by atoms with Crippen molar-refractivity contribution >= 4 is 48.8 Å². The van der Waals surface area contributed by atoms with Gasteiger partial charge >= 0.3 is 0 Å². The maximum atomic E-state index is 3.52. The Morgan fingerprint density at radius 2 is 2.18 bits per heavy atom. The molecule has 0 bridgehead atoms. The van der Waals surface area contributed by atoms with Crippen molar-refractivity contribution in [2.75, 3.05) is 0 Å². The van der Waals surface area contributed by atoms with E-state index in [0.29, 0.717) is 0 Å². The van der Waals surface area contributed by atoms with Crippen LogP contribution in [-0.4, -0.2) is 10.2 Å². The van der Waals surface area contributed by atoms with Crippen molar-refractivity contribution in [1.82, 2.24) is 0 Å². The molecule has 11 heavy (non-hydrogen) atoms. The minimum absolute atomic E-state index is 1.01. The molecule has 0 unspecified atom stereocenters. The first-order valence-electron chi connectivity index (χ1n) is 3.32. The van der Waals surface area contributed by atoms with E-state index in [4.69, 9.17) is 0 Å². The van der Waals surface area contributed by atoms with E-state index in [1.54, 1.807) is 0 Å². The predicted molar refractivity (Wildman–Crippen MR) is 61.1 cm³/mol. The second kappa shape index (κ2) is 4.62. The molecule has 0 fully saturated rings. The minimum Gasteiger partial charge on any atom is -0.0597 e. The average Bonchev–Trinajstić information content (AvgIpc) is 1.95. The van der Waals surface area contributed by atoms with E-state index in [1.165, 1.54) is 13.6 Å². The van der Waals surface area contributed by atoms with Crippen molar-refractivity contribution in [3.05, 3.63) is 31.8 Å². The van der Waals surface area contributed by atoms with E-state index in [2.05, 4.69) is 67.0 Å². The summed E-state index contributed by atoms with van der Waals surface area (Å²) in [6.07, 6.45) is 1.08. The zero-order valence-corrected chi connectivity index (χ0v) is 10.6. The average molecular weight is 338 g/mol. The van der Waals surface area contributed by atoms with Gasteiger partial charge in [0.15, 0.2) is 0 Å². The monoisotopic (exact) mass is 337 g/mol. The topological polar surface area (TPSA) is 0 Å². The molecule has 0 saturated carbocycles. The molecule has 0 aliphatic rings. The van der Waals surface area contributed by atoms with Gasteiger partial charge in [0.1, 0.15) is 0 Å². The van der Waals surface area contributed by atoms with Crippen LogP contribution in [0.25, 0.3) is 0 Å². The summed E-state index contributed by atoms with van der Waals surface area (Å²) in [4.78, 5) is 0. The van der Waals surface area contributed by atoms with E-state index >= 15 is 0 Å². The predicted octanol–water partition coefficient (Wildman–Crippen LogP) is 3.18. The summed E-state index contributed by atoms with van der Waals surface area (Å²) >= 11 is 5.83. The molecule has 0 aromatic heterocycles. The summed E-state index contributed by atoms with van der Waals surface area (Å²) in [6, 6.07) is 7.44. The first-order chi connectivity index (χ1) is 5.24. The molecule has 0 spiro atoms. The normalized spacial score (nSPS) is 10.1. The highest BCUT2D eigenvalue weighted by Crippen LogP contribution is 2.20. The van der Waals surface area contributed by atoms with Crippen LogP contribution in [0, 0.1) is 3.57 Å². The summed E-state index contributed by atoms with van der Waals surface area (Å²) in [5.74, 6) is 0. The van der Waals surface area contributed by atoms with E-state index in [0.717, 1.165) is 12.5 Å². The molecule has 0 aliphatic heterocycles. The van der Waals surface area contributed by atoms with Gasteiger partial charge < -0.3 is 0 Å². The molecular formula is C8H7BrISi. The van der Waals surface area contributed by atoms with Crippen LogP contribution in [0.1, 0.15) is 5.56 Å². The van der Waals surface area contributed by atoms with Gasteiger partial charge in [0.25, 0.3) is 0 Å². The second-order valence-electron chi connectivity index (χ2n) is 2.24. The fourth-order valence-electron chi connectivity index (χ4n) is 0.859. The van der Waals surface area contributed by atoms with Crippen LogP contribution in [0.4, 0.5) is 0 Å². The Hall–Kier alpha value is 0.647. The Bertz CT molecular complexity index is 250. The van der Waals surface area contributed by atoms with E-state index in [1.807, 2.05) is 0 Å². The molecule has 3 heteroatoms. The summed E-state index contributed by atoms with van der Waals surface area (Å²) in [7, 11) is 3.46. The Kier molecular flexibility index (Phi) is 4.09. The smallest absolute Gasteiger partial charge is 0.0225 e. The highest BCUT2D eigenvalue weighted by molar-refractivity contribution is 14.1. The van der Waals surface area contributed by atoms with Crippen LogP contribution < -0.4 is 0 Å². The van der Waals surface area contributed by atoms with Crippen molar-refractivity contribution in [3.8, 4) is 0 Å². The summed E-state index contributed by atoms with van der Waals surface area (Å²) in [6.45, 7) is 0. The Morgan fingerprint density at radius 3 is 2.73 bits per heavy atom. The molecule has 3 radical (unpaired) electrons. The van der Waals surface area contributed by atoms with Crippen molar-refractivity contribution in [3.63, 3.8) is 0 Å². The number of hydrogen-bond acceptors (Lipinski definition) is 0. The minimum atomic E-state index is 1.01. The molecule has 0 heterocycles. The van der Waals surface area contributed by atoms with Crippen LogP contribution in [0.3, 0.4) is 0 Å². The Labute approximate surface area is 92.5 Å². The van der Waals surface area contributed by atoms with Gasteiger partial charge in [-0.2, -0.15) is 0 Å². The van der Waals surface area contributed by atoms with E-state index in [9.17, 15) is 0 Å². The highest BCUT2D eigenvalue weighted by Gasteiger charge is 1.97. The quantitative estimate of drug-likeness (QED) is 0.574. The highest BCUT2D eigenvalue weighted by atomic mass is 127. The zero-order chi connectivity index (χ0) is 8.27. The Balaban J connectivity index is 2.90. The third-order valence-electron chi connectivity index (χ3n) is 1.41. The molecule has 0 N–H and O–H groups in total. The maximum absolute atomic E-state index is 3.52. The van der Waals surface area contributed by atoms with Crippen molar-refractivity contribution in [2.45, 2.75) is 12.5 Å². The zero-order valence-electron chi connectivity index (χ0n) is 5.90. The molecule has 0 atom stereocenters. The number of halogens is 2. The van der Waals surface area contributed by atoms with Crippen molar-refractivity contribution in [1.29, 1.82) is 0 Å². The third kappa shape index (κ3) is 2.87. The number of hydrogen-bond donors (Lipinski definition) is 0. The van der Waals surface area contributed by atoms with Crippen molar-refractivity contribution in [2.24, 2.45) is 0 Å². The van der Waals surface area contributed by atoms with Gasteiger partial charge in [-0.05, 0) is 46.7 Å². The maximum Gasteiger partial charge on any atom is 0.0225 e. The third-order valence-corrected chi connectivity index (χ3v) is 3.07. The second-order valence-corrected chi connectivity index (χ2v) is 4.84. The fraction of sp³-hybridized carbons (Fsp3) is 0.250. The van der Waals surface area contributed by atoms with Gasteiger partial charge in [0.2, 0.25) is 0 Å². The molecule has 0 nitrogen and oxygen atoms in total. The largest absolute Gasteiger partial charge is 0.0597 e. The molecule has 1 rings (SSSR count).